The molecule has 0 aliphatic carbocycles. The summed E-state index contributed by atoms with van der Waals surface area (Å²) < 4.78 is 1.84. The van der Waals surface area contributed by atoms with E-state index in [0.717, 1.165) is 6.42 Å². The fourth-order valence-corrected chi connectivity index (χ4v) is 1.93. The van der Waals surface area contributed by atoms with E-state index in [4.69, 9.17) is 18.0 Å². The first-order valence-corrected chi connectivity index (χ1v) is 6.10. The van der Waals surface area contributed by atoms with Gasteiger partial charge in [0.15, 0.2) is 0 Å². The second-order valence-electron chi connectivity index (χ2n) is 3.76. The highest BCUT2D eigenvalue weighted by molar-refractivity contribution is 6.31. The van der Waals surface area contributed by atoms with Gasteiger partial charge in [0.25, 0.3) is 5.91 Å². The summed E-state index contributed by atoms with van der Waals surface area (Å²) in [4.78, 5) is 13.9. The van der Waals surface area contributed by atoms with Crippen LogP contribution in [0.25, 0.3) is 0 Å². The van der Waals surface area contributed by atoms with Crippen molar-refractivity contribution in [1.82, 2.24) is 9.47 Å². The van der Waals surface area contributed by atoms with E-state index in [1.54, 1.807) is 17.2 Å². The van der Waals surface area contributed by atoms with Gasteiger partial charge in [-0.05, 0) is 19.4 Å². The Morgan fingerprint density at radius 1 is 1.59 bits per heavy atom. The predicted octanol–water partition coefficient (Wildman–Crippen LogP) is 2.65. The quantitative estimate of drug-likeness (QED) is 0.740. The summed E-state index contributed by atoms with van der Waals surface area (Å²) in [5.74, 6) is 2.45. The lowest BCUT2D eigenvalue weighted by molar-refractivity contribution is 0.0766. The van der Waals surface area contributed by atoms with Crippen molar-refractivity contribution in [1.29, 1.82) is 0 Å². The Balaban J connectivity index is 2.96. The Labute approximate surface area is 107 Å². The van der Waals surface area contributed by atoms with Gasteiger partial charge in [0.05, 0.1) is 11.6 Å². The maximum absolute atomic E-state index is 12.3. The van der Waals surface area contributed by atoms with E-state index in [9.17, 15) is 4.79 Å². The highest BCUT2D eigenvalue weighted by Crippen LogP contribution is 2.16. The van der Waals surface area contributed by atoms with Gasteiger partial charge in [-0.3, -0.25) is 4.79 Å². The maximum atomic E-state index is 12.3. The van der Waals surface area contributed by atoms with Gasteiger partial charge in [0.1, 0.15) is 5.69 Å². The molecule has 0 N–H and O–H groups in total. The van der Waals surface area contributed by atoms with Gasteiger partial charge in [-0.25, -0.2) is 0 Å². The molecule has 1 heterocycles. The number of aromatic nitrogens is 1. The summed E-state index contributed by atoms with van der Waals surface area (Å²) in [5.41, 5.74) is 0.598. The fourth-order valence-electron chi connectivity index (χ4n) is 1.71. The second kappa shape index (κ2) is 6.36. The van der Waals surface area contributed by atoms with Crippen LogP contribution in [0.15, 0.2) is 12.3 Å². The molecule has 0 spiro atoms. The Bertz CT molecular complexity index is 431. The van der Waals surface area contributed by atoms with Gasteiger partial charge in [0.2, 0.25) is 0 Å². The van der Waals surface area contributed by atoms with Crippen LogP contribution in [0.4, 0.5) is 0 Å². The Kier molecular flexibility index (Phi) is 5.11. The smallest absolute Gasteiger partial charge is 0.271 e. The van der Waals surface area contributed by atoms with Crippen LogP contribution in [0, 0.1) is 12.3 Å². The fraction of sp³-hybridized carbons (Fsp3) is 0.462. The van der Waals surface area contributed by atoms with Gasteiger partial charge in [0, 0.05) is 19.3 Å². The zero-order valence-corrected chi connectivity index (χ0v) is 11.0. The number of amides is 1. The molecule has 0 aliphatic rings. The van der Waals surface area contributed by atoms with E-state index in [0.29, 0.717) is 30.4 Å². The van der Waals surface area contributed by atoms with Crippen molar-refractivity contribution in [3.05, 3.63) is 23.0 Å². The first kappa shape index (κ1) is 13.7. The molecular formula is C13H17ClN2O. The van der Waals surface area contributed by atoms with Crippen LogP contribution in [-0.4, -0.2) is 28.5 Å². The van der Waals surface area contributed by atoms with Crippen LogP contribution >= 0.6 is 11.6 Å². The Morgan fingerprint density at radius 2 is 2.29 bits per heavy atom. The van der Waals surface area contributed by atoms with Crippen molar-refractivity contribution in [3.8, 4) is 12.3 Å². The van der Waals surface area contributed by atoms with Crippen LogP contribution in [0.1, 0.15) is 30.8 Å². The number of hydrogen-bond donors (Lipinski definition) is 0. The minimum atomic E-state index is -0.0569. The largest absolute Gasteiger partial charge is 0.342 e. The van der Waals surface area contributed by atoms with Crippen molar-refractivity contribution in [2.75, 3.05) is 13.1 Å². The normalized spacial score (nSPS) is 10.0. The minimum absolute atomic E-state index is 0.0569. The lowest BCUT2D eigenvalue weighted by Crippen LogP contribution is -2.33. The predicted molar refractivity (Wildman–Crippen MR) is 70.1 cm³/mol. The number of hydrogen-bond acceptors (Lipinski definition) is 1. The molecule has 1 amide bonds. The molecule has 0 unspecified atom stereocenters. The number of nitrogens with zero attached hydrogens (tertiary/aromatic N) is 2. The molecule has 0 radical (unpaired) electrons. The zero-order chi connectivity index (χ0) is 12.8. The molecular weight excluding hydrogens is 236 g/mol. The Hall–Kier alpha value is -1.40. The molecule has 0 saturated carbocycles. The highest BCUT2D eigenvalue weighted by Gasteiger charge is 2.18. The van der Waals surface area contributed by atoms with Gasteiger partial charge < -0.3 is 9.47 Å². The van der Waals surface area contributed by atoms with E-state index < -0.39 is 0 Å². The minimum Gasteiger partial charge on any atom is -0.342 e. The van der Waals surface area contributed by atoms with E-state index >= 15 is 0 Å². The van der Waals surface area contributed by atoms with Crippen LogP contribution in [-0.2, 0) is 6.54 Å². The van der Waals surface area contributed by atoms with Gasteiger partial charge in [-0.2, -0.15) is 0 Å². The van der Waals surface area contributed by atoms with E-state index in [1.807, 2.05) is 18.4 Å². The van der Waals surface area contributed by atoms with Crippen molar-refractivity contribution < 1.29 is 4.79 Å². The summed E-state index contributed by atoms with van der Waals surface area (Å²) in [7, 11) is 0. The van der Waals surface area contributed by atoms with Gasteiger partial charge >= 0.3 is 0 Å². The van der Waals surface area contributed by atoms with E-state index in [1.165, 1.54) is 0 Å². The van der Waals surface area contributed by atoms with Crippen LogP contribution in [0.2, 0.25) is 5.02 Å². The summed E-state index contributed by atoms with van der Waals surface area (Å²) in [6.45, 7) is 5.69. The molecule has 0 saturated heterocycles. The molecule has 1 rings (SSSR count). The molecule has 0 bridgehead atoms. The molecule has 0 aliphatic heterocycles. The first-order chi connectivity index (χ1) is 8.13. The van der Waals surface area contributed by atoms with Crippen molar-refractivity contribution in [2.24, 2.45) is 0 Å². The molecule has 92 valence electrons. The number of carbonyl (C=O) groups excluding carboxylic acids is 1. The molecule has 0 atom stereocenters. The van der Waals surface area contributed by atoms with Crippen molar-refractivity contribution in [3.63, 3.8) is 0 Å². The zero-order valence-electron chi connectivity index (χ0n) is 10.2. The number of aryl methyl sites for hydroxylation is 1. The van der Waals surface area contributed by atoms with Crippen LogP contribution in [0.5, 0.6) is 0 Å². The first-order valence-electron chi connectivity index (χ1n) is 5.72. The number of carbonyl (C=O) groups is 1. The monoisotopic (exact) mass is 252 g/mol. The number of terminal acetylenes is 1. The molecule has 1 aromatic heterocycles. The summed E-state index contributed by atoms with van der Waals surface area (Å²) >= 11 is 5.92. The average molecular weight is 253 g/mol. The third-order valence-corrected chi connectivity index (χ3v) is 2.69. The topological polar surface area (TPSA) is 25.2 Å². The average Bonchev–Trinajstić information content (AvgIpc) is 2.69. The number of halogens is 1. The van der Waals surface area contributed by atoms with Crippen molar-refractivity contribution >= 4 is 17.5 Å². The van der Waals surface area contributed by atoms with E-state index in [-0.39, 0.29) is 5.91 Å². The Morgan fingerprint density at radius 3 is 2.82 bits per heavy atom. The van der Waals surface area contributed by atoms with E-state index in [2.05, 4.69) is 5.92 Å². The van der Waals surface area contributed by atoms with Gasteiger partial charge in [-0.1, -0.05) is 24.4 Å². The molecule has 3 nitrogen and oxygen atoms in total. The molecule has 0 aromatic carbocycles. The summed E-state index contributed by atoms with van der Waals surface area (Å²) in [5, 5.41) is 0.576. The standard InChI is InChI=1S/C13H17ClN2O/c1-4-7-16(8-5-2)13(17)12-9-11(14)10-15(12)6-3/h1,9-10H,5-8H2,2-3H3. The highest BCUT2D eigenvalue weighted by atomic mass is 35.5. The third-order valence-electron chi connectivity index (χ3n) is 2.49. The molecule has 4 heteroatoms. The molecule has 17 heavy (non-hydrogen) atoms. The maximum Gasteiger partial charge on any atom is 0.271 e. The summed E-state index contributed by atoms with van der Waals surface area (Å²) in [6, 6.07) is 1.69. The van der Waals surface area contributed by atoms with Crippen LogP contribution < -0.4 is 0 Å². The molecule has 1 aromatic rings. The summed E-state index contributed by atoms with van der Waals surface area (Å²) in [6.07, 6.45) is 7.92. The number of rotatable bonds is 5. The van der Waals surface area contributed by atoms with Gasteiger partial charge in [-0.15, -0.1) is 6.42 Å². The SMILES string of the molecule is C#CCN(CCC)C(=O)c1cc(Cl)cn1CC. The third kappa shape index (κ3) is 3.28. The lowest BCUT2D eigenvalue weighted by Gasteiger charge is -2.20. The second-order valence-corrected chi connectivity index (χ2v) is 4.20. The van der Waals surface area contributed by atoms with Crippen LogP contribution in [0.3, 0.4) is 0 Å². The van der Waals surface area contributed by atoms with Crippen molar-refractivity contribution in [2.45, 2.75) is 26.8 Å². The lowest BCUT2D eigenvalue weighted by atomic mass is 10.3. The molecule has 0 fully saturated rings.